The van der Waals surface area contributed by atoms with Crippen molar-refractivity contribution < 1.29 is 0 Å². The molecule has 0 atom stereocenters. The minimum Gasteiger partial charge on any atom is -0.292 e. The van der Waals surface area contributed by atoms with Crippen molar-refractivity contribution in [2.24, 2.45) is 0 Å². The second kappa shape index (κ2) is 5.92. The van der Waals surface area contributed by atoms with Crippen molar-refractivity contribution in [2.75, 3.05) is 0 Å². The Hall–Kier alpha value is -3.38. The third kappa shape index (κ3) is 2.49. The van der Waals surface area contributed by atoms with E-state index in [4.69, 9.17) is 4.98 Å². The number of hydrogen-bond donors (Lipinski definition) is 0. The molecule has 3 aromatic carbocycles. The minimum absolute atomic E-state index is 0.637. The van der Waals surface area contributed by atoms with Crippen LogP contribution in [0.1, 0.15) is 16.7 Å². The summed E-state index contributed by atoms with van der Waals surface area (Å²) in [7, 11) is 0. The van der Waals surface area contributed by atoms with E-state index in [1.54, 1.807) is 0 Å². The number of para-hydroxylation sites is 3. The zero-order valence-electron chi connectivity index (χ0n) is 14.2. The van der Waals surface area contributed by atoms with Gasteiger partial charge in [-0.1, -0.05) is 42.5 Å². The van der Waals surface area contributed by atoms with Crippen LogP contribution in [-0.4, -0.2) is 9.55 Å². The minimum atomic E-state index is 0.637. The van der Waals surface area contributed by atoms with Gasteiger partial charge < -0.3 is 0 Å². The zero-order valence-corrected chi connectivity index (χ0v) is 14.2. The molecule has 0 saturated heterocycles. The molecule has 0 fully saturated rings. The molecule has 4 aromatic rings. The van der Waals surface area contributed by atoms with E-state index in [-0.39, 0.29) is 0 Å². The van der Waals surface area contributed by atoms with Crippen molar-refractivity contribution >= 4 is 11.0 Å². The molecule has 0 aliphatic rings. The number of fused-ring (bicyclic) bond motifs is 1. The van der Waals surface area contributed by atoms with Crippen LogP contribution in [0.2, 0.25) is 0 Å². The molecule has 0 amide bonds. The van der Waals surface area contributed by atoms with Gasteiger partial charge in [0.15, 0.2) is 0 Å². The van der Waals surface area contributed by atoms with Crippen LogP contribution in [0.15, 0.2) is 66.7 Å². The van der Waals surface area contributed by atoms with Crippen LogP contribution in [0, 0.1) is 25.2 Å². The van der Waals surface area contributed by atoms with Crippen LogP contribution < -0.4 is 0 Å². The predicted octanol–water partition coefficient (Wildman–Crippen LogP) is 5.18. The average molecular weight is 323 g/mol. The van der Waals surface area contributed by atoms with Gasteiger partial charge in [-0.2, -0.15) is 5.26 Å². The molecule has 1 aromatic heterocycles. The molecule has 0 radical (unpaired) electrons. The number of imidazole rings is 1. The van der Waals surface area contributed by atoms with Crippen LogP contribution >= 0.6 is 0 Å². The fraction of sp³-hybridized carbons (Fsp3) is 0.0909. The topological polar surface area (TPSA) is 41.6 Å². The van der Waals surface area contributed by atoms with Gasteiger partial charge in [0.2, 0.25) is 0 Å². The molecule has 0 saturated carbocycles. The van der Waals surface area contributed by atoms with Crippen LogP contribution in [0.5, 0.6) is 0 Å². The summed E-state index contributed by atoms with van der Waals surface area (Å²) in [4.78, 5) is 4.87. The molecule has 0 spiro atoms. The summed E-state index contributed by atoms with van der Waals surface area (Å²) in [6.45, 7) is 4.24. The average Bonchev–Trinajstić information content (AvgIpc) is 3.01. The Labute approximate surface area is 146 Å². The lowest BCUT2D eigenvalue weighted by molar-refractivity contribution is 1.06. The lowest BCUT2D eigenvalue weighted by Gasteiger charge is -2.15. The highest BCUT2D eigenvalue weighted by Crippen LogP contribution is 2.31. The number of hydrogen-bond acceptors (Lipinski definition) is 2. The second-order valence-electron chi connectivity index (χ2n) is 6.19. The van der Waals surface area contributed by atoms with Gasteiger partial charge in [0.25, 0.3) is 0 Å². The maximum atomic E-state index is 9.25. The van der Waals surface area contributed by atoms with E-state index >= 15 is 0 Å². The monoisotopic (exact) mass is 323 g/mol. The Morgan fingerprint density at radius 1 is 0.880 bits per heavy atom. The molecule has 25 heavy (non-hydrogen) atoms. The first kappa shape index (κ1) is 15.2. The summed E-state index contributed by atoms with van der Waals surface area (Å²) in [5.41, 5.74) is 7.13. The van der Waals surface area contributed by atoms with E-state index in [0.29, 0.717) is 5.56 Å². The highest BCUT2D eigenvalue weighted by atomic mass is 15.1. The summed E-state index contributed by atoms with van der Waals surface area (Å²) in [5, 5.41) is 9.25. The van der Waals surface area contributed by atoms with Gasteiger partial charge in [-0.25, -0.2) is 4.98 Å². The SMILES string of the molecule is Cc1cccc(C)c1-n1c(-c2cccc(C#N)c2)nc2ccccc21. The lowest BCUT2D eigenvalue weighted by Crippen LogP contribution is -2.02. The summed E-state index contributed by atoms with van der Waals surface area (Å²) in [5.74, 6) is 0.857. The lowest BCUT2D eigenvalue weighted by atomic mass is 10.1. The number of nitriles is 1. The maximum absolute atomic E-state index is 9.25. The van der Waals surface area contributed by atoms with E-state index in [1.807, 2.05) is 42.5 Å². The van der Waals surface area contributed by atoms with Gasteiger partial charge in [0.1, 0.15) is 5.82 Å². The summed E-state index contributed by atoms with van der Waals surface area (Å²) >= 11 is 0. The fourth-order valence-corrected chi connectivity index (χ4v) is 3.33. The Balaban J connectivity index is 2.11. The molecule has 3 nitrogen and oxygen atoms in total. The number of aromatic nitrogens is 2. The number of benzene rings is 3. The summed E-state index contributed by atoms with van der Waals surface area (Å²) in [6, 6.07) is 24.3. The molecule has 120 valence electrons. The molecule has 4 rings (SSSR count). The molecule has 0 aliphatic heterocycles. The molecule has 0 N–H and O–H groups in total. The molecule has 0 unspecified atom stereocenters. The Morgan fingerprint density at radius 2 is 1.60 bits per heavy atom. The van der Waals surface area contributed by atoms with Gasteiger partial charge in [-0.15, -0.1) is 0 Å². The number of rotatable bonds is 2. The molecule has 1 heterocycles. The largest absolute Gasteiger partial charge is 0.292 e. The number of nitrogens with zero attached hydrogens (tertiary/aromatic N) is 3. The molecular formula is C22H17N3. The third-order valence-electron chi connectivity index (χ3n) is 4.47. The number of aryl methyl sites for hydroxylation is 2. The van der Waals surface area contributed by atoms with Crippen molar-refractivity contribution in [3.8, 4) is 23.1 Å². The van der Waals surface area contributed by atoms with E-state index < -0.39 is 0 Å². The predicted molar refractivity (Wildman–Crippen MR) is 101 cm³/mol. The van der Waals surface area contributed by atoms with Crippen molar-refractivity contribution in [3.05, 3.63) is 83.4 Å². The Morgan fingerprint density at radius 3 is 2.36 bits per heavy atom. The molecule has 3 heteroatoms. The zero-order chi connectivity index (χ0) is 17.4. The highest BCUT2D eigenvalue weighted by molar-refractivity contribution is 5.84. The molecular weight excluding hydrogens is 306 g/mol. The van der Waals surface area contributed by atoms with E-state index in [2.05, 4.69) is 48.7 Å². The van der Waals surface area contributed by atoms with Crippen LogP contribution in [-0.2, 0) is 0 Å². The quantitative estimate of drug-likeness (QED) is 0.510. The highest BCUT2D eigenvalue weighted by Gasteiger charge is 2.17. The van der Waals surface area contributed by atoms with Gasteiger partial charge >= 0.3 is 0 Å². The van der Waals surface area contributed by atoms with Crippen LogP contribution in [0.4, 0.5) is 0 Å². The van der Waals surface area contributed by atoms with Crippen molar-refractivity contribution in [1.82, 2.24) is 9.55 Å². The fourth-order valence-electron chi connectivity index (χ4n) is 3.33. The Kier molecular flexibility index (Phi) is 3.59. The second-order valence-corrected chi connectivity index (χ2v) is 6.19. The van der Waals surface area contributed by atoms with Gasteiger partial charge in [0.05, 0.1) is 28.4 Å². The van der Waals surface area contributed by atoms with Crippen molar-refractivity contribution in [3.63, 3.8) is 0 Å². The normalized spacial score (nSPS) is 10.8. The van der Waals surface area contributed by atoms with Gasteiger partial charge in [0, 0.05) is 5.56 Å². The van der Waals surface area contributed by atoms with Gasteiger partial charge in [-0.3, -0.25) is 4.57 Å². The van der Waals surface area contributed by atoms with Crippen LogP contribution in [0.3, 0.4) is 0 Å². The first-order chi connectivity index (χ1) is 12.2. The van der Waals surface area contributed by atoms with E-state index in [1.165, 1.54) is 11.1 Å². The molecule has 0 bridgehead atoms. The Bertz CT molecular complexity index is 1110. The first-order valence-electron chi connectivity index (χ1n) is 8.23. The van der Waals surface area contributed by atoms with Crippen molar-refractivity contribution in [2.45, 2.75) is 13.8 Å². The maximum Gasteiger partial charge on any atom is 0.145 e. The summed E-state index contributed by atoms with van der Waals surface area (Å²) < 4.78 is 2.20. The third-order valence-corrected chi connectivity index (χ3v) is 4.47. The standard InChI is InChI=1S/C22H17N3/c1-15-7-5-8-16(2)21(15)25-20-12-4-3-11-19(20)24-22(25)18-10-6-9-17(13-18)14-23/h3-13H,1-2H3. The summed E-state index contributed by atoms with van der Waals surface area (Å²) in [6.07, 6.45) is 0. The van der Waals surface area contributed by atoms with Crippen LogP contribution in [0.25, 0.3) is 28.1 Å². The van der Waals surface area contributed by atoms with Gasteiger partial charge in [-0.05, 0) is 49.2 Å². The molecule has 0 aliphatic carbocycles. The first-order valence-corrected chi connectivity index (χ1v) is 8.23. The van der Waals surface area contributed by atoms with E-state index in [0.717, 1.165) is 28.1 Å². The van der Waals surface area contributed by atoms with E-state index in [9.17, 15) is 5.26 Å². The smallest absolute Gasteiger partial charge is 0.145 e. The van der Waals surface area contributed by atoms with Crippen molar-refractivity contribution in [1.29, 1.82) is 5.26 Å².